The molecule has 0 saturated carbocycles. The average Bonchev–Trinajstić information content (AvgIpc) is 3.17. The van der Waals surface area contributed by atoms with Crippen LogP contribution in [0.15, 0.2) is 47.6 Å². The van der Waals surface area contributed by atoms with E-state index in [1.807, 2.05) is 29.2 Å². The molecular formula is C23H24ClN3O2. The topological polar surface area (TPSA) is 45.1 Å². The Kier molecular flexibility index (Phi) is 4.32. The first-order chi connectivity index (χ1) is 14.0. The molecule has 3 aliphatic rings. The molecule has 150 valence electrons. The van der Waals surface area contributed by atoms with Gasteiger partial charge in [-0.05, 0) is 30.2 Å². The number of nitrogens with zero attached hydrogens (tertiary/aromatic N) is 3. The second-order valence-corrected chi connectivity index (χ2v) is 8.60. The highest BCUT2D eigenvalue weighted by Gasteiger charge is 2.52. The highest BCUT2D eigenvalue weighted by Crippen LogP contribution is 2.50. The van der Waals surface area contributed by atoms with Gasteiger partial charge in [0.05, 0.1) is 11.8 Å². The van der Waals surface area contributed by atoms with Crippen LogP contribution in [-0.2, 0) is 4.79 Å². The minimum absolute atomic E-state index is 0.121. The lowest BCUT2D eigenvalue weighted by Crippen LogP contribution is -2.59. The Morgan fingerprint density at radius 1 is 1.17 bits per heavy atom. The van der Waals surface area contributed by atoms with Crippen molar-refractivity contribution in [1.29, 1.82) is 0 Å². The highest BCUT2D eigenvalue weighted by atomic mass is 35.5. The summed E-state index contributed by atoms with van der Waals surface area (Å²) in [7, 11) is 0. The summed E-state index contributed by atoms with van der Waals surface area (Å²) in [5, 5.41) is 7.97. The Hall–Kier alpha value is -2.53. The summed E-state index contributed by atoms with van der Waals surface area (Å²) in [6.45, 7) is 5.11. The normalized spacial score (nSPS) is 22.0. The van der Waals surface area contributed by atoms with Crippen LogP contribution in [0.5, 0.6) is 5.75 Å². The van der Waals surface area contributed by atoms with Crippen LogP contribution in [0.2, 0.25) is 5.02 Å². The third-order valence-corrected chi connectivity index (χ3v) is 6.64. The molecule has 0 aliphatic carbocycles. The molecule has 3 heterocycles. The van der Waals surface area contributed by atoms with Crippen LogP contribution < -0.4 is 4.74 Å². The number of carbonyl (C=O) groups excluding carboxylic acids is 1. The maximum Gasteiger partial charge on any atom is 0.219 e. The molecule has 3 aliphatic heterocycles. The van der Waals surface area contributed by atoms with E-state index in [-0.39, 0.29) is 11.9 Å². The number of hydrazone groups is 1. The molecule has 5 rings (SSSR count). The highest BCUT2D eigenvalue weighted by molar-refractivity contribution is 6.30. The predicted octanol–water partition coefficient (Wildman–Crippen LogP) is 4.53. The van der Waals surface area contributed by atoms with Crippen molar-refractivity contribution in [2.45, 2.75) is 44.9 Å². The first-order valence-corrected chi connectivity index (χ1v) is 10.5. The van der Waals surface area contributed by atoms with Gasteiger partial charge in [0.25, 0.3) is 0 Å². The fraction of sp³-hybridized carbons (Fsp3) is 0.391. The Morgan fingerprint density at radius 2 is 1.90 bits per heavy atom. The van der Waals surface area contributed by atoms with E-state index in [9.17, 15) is 4.79 Å². The Bertz CT molecular complexity index is 994. The van der Waals surface area contributed by atoms with Crippen molar-refractivity contribution in [2.24, 2.45) is 5.10 Å². The third kappa shape index (κ3) is 2.99. The molecule has 29 heavy (non-hydrogen) atoms. The number of aryl methyl sites for hydroxylation is 1. The molecule has 1 spiro atoms. The number of hydrogen-bond donors (Lipinski definition) is 0. The Morgan fingerprint density at radius 3 is 2.59 bits per heavy atom. The molecule has 1 fully saturated rings. The van der Waals surface area contributed by atoms with Gasteiger partial charge >= 0.3 is 0 Å². The van der Waals surface area contributed by atoms with E-state index in [1.165, 1.54) is 5.56 Å². The SMILES string of the molecule is CC(=O)N1CCC2(CC1)Oc1c(C)cccc1[C@H]1CC(c3ccc(Cl)cc3)=NN12. The first-order valence-electron chi connectivity index (χ1n) is 10.1. The van der Waals surface area contributed by atoms with Crippen molar-refractivity contribution in [3.8, 4) is 5.75 Å². The number of rotatable bonds is 1. The number of carbonyl (C=O) groups is 1. The van der Waals surface area contributed by atoms with Crippen molar-refractivity contribution in [3.05, 3.63) is 64.2 Å². The molecule has 2 aromatic carbocycles. The molecule has 0 aromatic heterocycles. The van der Waals surface area contributed by atoms with Crippen molar-refractivity contribution in [1.82, 2.24) is 9.91 Å². The van der Waals surface area contributed by atoms with Crippen LogP contribution in [-0.4, -0.2) is 40.3 Å². The van der Waals surface area contributed by atoms with E-state index in [0.717, 1.165) is 46.9 Å². The van der Waals surface area contributed by atoms with Gasteiger partial charge in [-0.2, -0.15) is 5.10 Å². The number of halogens is 1. The van der Waals surface area contributed by atoms with Crippen molar-refractivity contribution in [3.63, 3.8) is 0 Å². The van der Waals surface area contributed by atoms with Gasteiger partial charge in [-0.25, -0.2) is 5.01 Å². The number of hydrogen-bond acceptors (Lipinski definition) is 4. The number of piperidine rings is 1. The number of para-hydroxylation sites is 1. The molecule has 0 N–H and O–H groups in total. The summed E-state index contributed by atoms with van der Waals surface area (Å²) in [6, 6.07) is 14.4. The van der Waals surface area contributed by atoms with E-state index in [0.29, 0.717) is 13.1 Å². The molecule has 1 amide bonds. The fourth-order valence-electron chi connectivity index (χ4n) is 4.76. The van der Waals surface area contributed by atoms with Gasteiger partial charge in [0.1, 0.15) is 5.75 Å². The molecule has 0 bridgehead atoms. The minimum atomic E-state index is -0.510. The second-order valence-electron chi connectivity index (χ2n) is 8.17. The van der Waals surface area contributed by atoms with Gasteiger partial charge in [-0.1, -0.05) is 41.9 Å². The monoisotopic (exact) mass is 409 g/mol. The molecule has 0 unspecified atom stereocenters. The van der Waals surface area contributed by atoms with Gasteiger partial charge in [-0.3, -0.25) is 4.79 Å². The number of amides is 1. The van der Waals surface area contributed by atoms with Crippen molar-refractivity contribution in [2.75, 3.05) is 13.1 Å². The molecule has 1 atom stereocenters. The van der Waals surface area contributed by atoms with Crippen LogP contribution in [0.3, 0.4) is 0 Å². The van der Waals surface area contributed by atoms with E-state index in [2.05, 4.69) is 30.1 Å². The molecule has 0 radical (unpaired) electrons. The standard InChI is InChI=1S/C23H24ClN3O2/c1-15-4-3-5-19-21-14-20(17-6-8-18(24)9-7-17)25-27(21)23(29-22(15)19)10-12-26(13-11-23)16(2)28/h3-9,21H,10-14H2,1-2H3/t21-/m1/s1. The number of likely N-dealkylation sites (tertiary alicyclic amines) is 1. The van der Waals surface area contributed by atoms with Gasteiger partial charge < -0.3 is 9.64 Å². The van der Waals surface area contributed by atoms with E-state index >= 15 is 0 Å². The van der Waals surface area contributed by atoms with Crippen LogP contribution >= 0.6 is 11.6 Å². The zero-order valence-electron chi connectivity index (χ0n) is 16.7. The average molecular weight is 410 g/mol. The molecule has 2 aromatic rings. The third-order valence-electron chi connectivity index (χ3n) is 6.39. The Labute approximate surface area is 175 Å². The molecule has 6 heteroatoms. The van der Waals surface area contributed by atoms with E-state index in [4.69, 9.17) is 21.4 Å². The van der Waals surface area contributed by atoms with E-state index < -0.39 is 5.72 Å². The smallest absolute Gasteiger partial charge is 0.219 e. The van der Waals surface area contributed by atoms with Gasteiger partial charge in [0.2, 0.25) is 11.6 Å². The summed E-state index contributed by atoms with van der Waals surface area (Å²) in [5.74, 6) is 1.10. The zero-order chi connectivity index (χ0) is 20.2. The summed E-state index contributed by atoms with van der Waals surface area (Å²) >= 11 is 6.08. The van der Waals surface area contributed by atoms with Crippen LogP contribution in [0.25, 0.3) is 0 Å². The lowest BCUT2D eigenvalue weighted by Gasteiger charge is -2.51. The van der Waals surface area contributed by atoms with Gasteiger partial charge in [0, 0.05) is 49.9 Å². The van der Waals surface area contributed by atoms with Gasteiger partial charge in [-0.15, -0.1) is 0 Å². The van der Waals surface area contributed by atoms with Gasteiger partial charge in [0.15, 0.2) is 0 Å². The lowest BCUT2D eigenvalue weighted by molar-refractivity contribution is -0.158. The predicted molar refractivity (Wildman–Crippen MR) is 113 cm³/mol. The number of ether oxygens (including phenoxy) is 1. The second kappa shape index (κ2) is 6.77. The Balaban J connectivity index is 1.56. The summed E-state index contributed by atoms with van der Waals surface area (Å²) in [5.41, 5.74) is 3.98. The van der Waals surface area contributed by atoms with Crippen LogP contribution in [0, 0.1) is 6.92 Å². The fourth-order valence-corrected chi connectivity index (χ4v) is 4.89. The zero-order valence-corrected chi connectivity index (χ0v) is 17.4. The largest absolute Gasteiger partial charge is 0.466 e. The van der Waals surface area contributed by atoms with Crippen LogP contribution in [0.1, 0.15) is 48.9 Å². The maximum absolute atomic E-state index is 11.8. The number of fused-ring (bicyclic) bond motifs is 4. The molecular weight excluding hydrogens is 386 g/mol. The summed E-state index contributed by atoms with van der Waals surface area (Å²) in [6.07, 6.45) is 2.32. The first kappa shape index (κ1) is 18.5. The molecule has 5 nitrogen and oxygen atoms in total. The van der Waals surface area contributed by atoms with Crippen molar-refractivity contribution >= 4 is 23.2 Å². The lowest BCUT2D eigenvalue weighted by atomic mass is 9.89. The number of benzene rings is 2. The maximum atomic E-state index is 11.8. The summed E-state index contributed by atoms with van der Waals surface area (Å²) < 4.78 is 6.70. The van der Waals surface area contributed by atoms with Crippen molar-refractivity contribution < 1.29 is 9.53 Å². The minimum Gasteiger partial charge on any atom is -0.466 e. The van der Waals surface area contributed by atoms with Crippen LogP contribution in [0.4, 0.5) is 0 Å². The quantitative estimate of drug-likeness (QED) is 0.695. The molecule has 1 saturated heterocycles. The summed E-state index contributed by atoms with van der Waals surface area (Å²) in [4.78, 5) is 13.7. The van der Waals surface area contributed by atoms with E-state index in [1.54, 1.807) is 6.92 Å².